The van der Waals surface area contributed by atoms with Gasteiger partial charge in [0.05, 0.1) is 6.54 Å². The van der Waals surface area contributed by atoms with E-state index in [9.17, 15) is 9.59 Å². The van der Waals surface area contributed by atoms with Gasteiger partial charge in [0.1, 0.15) is 5.78 Å². The lowest BCUT2D eigenvalue weighted by Crippen LogP contribution is -2.44. The highest BCUT2D eigenvalue weighted by molar-refractivity contribution is 5.93. The molecule has 1 atom stereocenters. The Hall–Kier alpha value is -1.68. The highest BCUT2D eigenvalue weighted by atomic mass is 16.2. The smallest absolute Gasteiger partial charge is 0.238 e. The van der Waals surface area contributed by atoms with Crippen LogP contribution in [0, 0.1) is 12.8 Å². The largest absolute Gasteiger partial charge is 0.325 e. The Kier molecular flexibility index (Phi) is 4.90. The first-order valence-electron chi connectivity index (χ1n) is 7.20. The number of likely N-dealkylation sites (tertiary alicyclic amines) is 1. The molecule has 1 N–H and O–H groups in total. The maximum atomic E-state index is 12.1. The van der Waals surface area contributed by atoms with Crippen molar-refractivity contribution in [1.29, 1.82) is 0 Å². The molecule has 20 heavy (non-hydrogen) atoms. The minimum atomic E-state index is -0.0106. The number of anilines is 1. The Labute approximate surface area is 120 Å². The Morgan fingerprint density at radius 2 is 2.15 bits per heavy atom. The summed E-state index contributed by atoms with van der Waals surface area (Å²) < 4.78 is 0. The number of hydrogen-bond donors (Lipinski definition) is 1. The van der Waals surface area contributed by atoms with Crippen LogP contribution in [0.5, 0.6) is 0 Å². The zero-order chi connectivity index (χ0) is 14.5. The summed E-state index contributed by atoms with van der Waals surface area (Å²) in [6.07, 6.45) is 1.42. The number of carbonyl (C=O) groups is 2. The van der Waals surface area contributed by atoms with E-state index in [-0.39, 0.29) is 11.8 Å². The second kappa shape index (κ2) is 6.66. The average molecular weight is 274 g/mol. The van der Waals surface area contributed by atoms with Gasteiger partial charge in [-0.1, -0.05) is 25.1 Å². The minimum Gasteiger partial charge on any atom is -0.325 e. The molecule has 108 valence electrons. The molecule has 0 aliphatic carbocycles. The van der Waals surface area contributed by atoms with Gasteiger partial charge in [-0.3, -0.25) is 14.5 Å². The van der Waals surface area contributed by atoms with Crippen LogP contribution in [0.25, 0.3) is 0 Å². The molecule has 4 heteroatoms. The summed E-state index contributed by atoms with van der Waals surface area (Å²) in [5.74, 6) is 0.418. The number of ketones is 1. The maximum absolute atomic E-state index is 12.1. The van der Waals surface area contributed by atoms with E-state index in [0.717, 1.165) is 17.7 Å². The lowest BCUT2D eigenvalue weighted by Gasteiger charge is -2.30. The van der Waals surface area contributed by atoms with E-state index < -0.39 is 0 Å². The lowest BCUT2D eigenvalue weighted by atomic mass is 9.94. The molecule has 1 fully saturated rings. The van der Waals surface area contributed by atoms with E-state index in [1.807, 2.05) is 38.1 Å². The van der Waals surface area contributed by atoms with Crippen LogP contribution in [0.15, 0.2) is 24.3 Å². The summed E-state index contributed by atoms with van der Waals surface area (Å²) in [6, 6.07) is 7.74. The Morgan fingerprint density at radius 1 is 1.40 bits per heavy atom. The molecule has 1 aliphatic heterocycles. The molecule has 1 aliphatic rings. The third-order valence-corrected chi connectivity index (χ3v) is 3.89. The number of para-hydroxylation sites is 1. The van der Waals surface area contributed by atoms with Gasteiger partial charge in [-0.15, -0.1) is 0 Å². The SMILES string of the molecule is CCC1CN(CC(=O)Nc2ccccc2C)CCC1=O. The van der Waals surface area contributed by atoms with E-state index in [1.165, 1.54) is 0 Å². The van der Waals surface area contributed by atoms with Crippen molar-refractivity contribution in [3.8, 4) is 0 Å². The van der Waals surface area contributed by atoms with Gasteiger partial charge in [0.2, 0.25) is 5.91 Å². The number of hydrogen-bond acceptors (Lipinski definition) is 3. The van der Waals surface area contributed by atoms with Gasteiger partial charge in [-0.2, -0.15) is 0 Å². The predicted molar refractivity (Wildman–Crippen MR) is 79.7 cm³/mol. The van der Waals surface area contributed by atoms with Gasteiger partial charge >= 0.3 is 0 Å². The van der Waals surface area contributed by atoms with E-state index in [2.05, 4.69) is 10.2 Å². The molecule has 0 bridgehead atoms. The first-order chi connectivity index (χ1) is 9.60. The summed E-state index contributed by atoms with van der Waals surface area (Å²) in [6.45, 7) is 5.76. The van der Waals surface area contributed by atoms with Crippen LogP contribution in [0.3, 0.4) is 0 Å². The van der Waals surface area contributed by atoms with Crippen molar-refractivity contribution < 1.29 is 9.59 Å². The molecule has 1 saturated heterocycles. The highest BCUT2D eigenvalue weighted by Gasteiger charge is 2.26. The number of Topliss-reactive ketones (excluding diaryl/α,β-unsaturated/α-hetero) is 1. The molecule has 0 aromatic heterocycles. The van der Waals surface area contributed by atoms with Gasteiger partial charge in [0.15, 0.2) is 0 Å². The van der Waals surface area contributed by atoms with E-state index in [0.29, 0.717) is 31.8 Å². The second-order valence-electron chi connectivity index (χ2n) is 5.42. The molecule has 1 unspecified atom stereocenters. The standard InChI is InChI=1S/C16H22N2O2/c1-3-13-10-18(9-8-15(13)19)11-16(20)17-14-7-5-4-6-12(14)2/h4-7,13H,3,8-11H2,1-2H3,(H,17,20). The zero-order valence-electron chi connectivity index (χ0n) is 12.2. The lowest BCUT2D eigenvalue weighted by molar-refractivity contribution is -0.128. The average Bonchev–Trinajstić information content (AvgIpc) is 2.43. The van der Waals surface area contributed by atoms with Crippen LogP contribution in [0.1, 0.15) is 25.3 Å². The highest BCUT2D eigenvalue weighted by Crippen LogP contribution is 2.17. The fraction of sp³-hybridized carbons (Fsp3) is 0.500. The summed E-state index contributed by atoms with van der Waals surface area (Å²) in [5, 5.41) is 2.94. The number of nitrogens with one attached hydrogen (secondary N) is 1. The molecule has 0 saturated carbocycles. The Bertz CT molecular complexity index is 499. The number of aryl methyl sites for hydroxylation is 1. The van der Waals surface area contributed by atoms with E-state index in [4.69, 9.17) is 0 Å². The van der Waals surface area contributed by atoms with Crippen LogP contribution in [0.2, 0.25) is 0 Å². The summed E-state index contributed by atoms with van der Waals surface area (Å²) in [4.78, 5) is 25.8. The minimum absolute atomic E-state index is 0.0106. The summed E-state index contributed by atoms with van der Waals surface area (Å²) >= 11 is 0. The van der Waals surface area contributed by atoms with Crippen molar-refractivity contribution in [3.05, 3.63) is 29.8 Å². The van der Waals surface area contributed by atoms with Crippen LogP contribution >= 0.6 is 0 Å². The Morgan fingerprint density at radius 3 is 2.85 bits per heavy atom. The zero-order valence-corrected chi connectivity index (χ0v) is 12.2. The number of amides is 1. The van der Waals surface area contributed by atoms with Gasteiger partial charge in [-0.05, 0) is 25.0 Å². The molecule has 0 spiro atoms. The van der Waals surface area contributed by atoms with Crippen molar-refractivity contribution in [2.45, 2.75) is 26.7 Å². The predicted octanol–water partition coefficient (Wildman–Crippen LogP) is 2.23. The van der Waals surface area contributed by atoms with E-state index >= 15 is 0 Å². The van der Waals surface area contributed by atoms with Crippen LogP contribution in [0.4, 0.5) is 5.69 Å². The van der Waals surface area contributed by atoms with Gasteiger partial charge in [-0.25, -0.2) is 0 Å². The number of benzene rings is 1. The molecular weight excluding hydrogens is 252 g/mol. The van der Waals surface area contributed by atoms with Crippen molar-refractivity contribution >= 4 is 17.4 Å². The quantitative estimate of drug-likeness (QED) is 0.916. The molecule has 2 rings (SSSR count). The number of rotatable bonds is 4. The normalized spacial score (nSPS) is 19.9. The monoisotopic (exact) mass is 274 g/mol. The topological polar surface area (TPSA) is 49.4 Å². The molecule has 0 radical (unpaired) electrons. The first kappa shape index (κ1) is 14.7. The molecule has 1 aromatic carbocycles. The molecule has 1 heterocycles. The van der Waals surface area contributed by atoms with Gasteiger partial charge in [0, 0.05) is 31.1 Å². The van der Waals surface area contributed by atoms with Crippen LogP contribution in [-0.4, -0.2) is 36.2 Å². The van der Waals surface area contributed by atoms with Crippen LogP contribution in [-0.2, 0) is 9.59 Å². The van der Waals surface area contributed by atoms with Crippen molar-refractivity contribution in [1.82, 2.24) is 4.90 Å². The van der Waals surface area contributed by atoms with Crippen LogP contribution < -0.4 is 5.32 Å². The number of piperidine rings is 1. The number of carbonyl (C=O) groups excluding carboxylic acids is 2. The molecule has 1 amide bonds. The summed E-state index contributed by atoms with van der Waals surface area (Å²) in [5.41, 5.74) is 1.92. The second-order valence-corrected chi connectivity index (χ2v) is 5.42. The third kappa shape index (κ3) is 3.67. The van der Waals surface area contributed by atoms with Gasteiger partial charge in [0.25, 0.3) is 0 Å². The third-order valence-electron chi connectivity index (χ3n) is 3.89. The van der Waals surface area contributed by atoms with Gasteiger partial charge < -0.3 is 5.32 Å². The van der Waals surface area contributed by atoms with E-state index in [1.54, 1.807) is 0 Å². The van der Waals surface area contributed by atoms with Crippen molar-refractivity contribution in [2.24, 2.45) is 5.92 Å². The summed E-state index contributed by atoms with van der Waals surface area (Å²) in [7, 11) is 0. The maximum Gasteiger partial charge on any atom is 0.238 e. The van der Waals surface area contributed by atoms with Crippen molar-refractivity contribution in [3.63, 3.8) is 0 Å². The molecular formula is C16H22N2O2. The first-order valence-corrected chi connectivity index (χ1v) is 7.20. The fourth-order valence-corrected chi connectivity index (χ4v) is 2.58. The Balaban J connectivity index is 1.89. The molecule has 1 aromatic rings. The number of nitrogens with zero attached hydrogens (tertiary/aromatic N) is 1. The molecule has 4 nitrogen and oxygen atoms in total. The van der Waals surface area contributed by atoms with Crippen molar-refractivity contribution in [2.75, 3.05) is 25.0 Å². The fourth-order valence-electron chi connectivity index (χ4n) is 2.58.